The van der Waals surface area contributed by atoms with Gasteiger partial charge < -0.3 is 5.73 Å². The molecule has 0 amide bonds. The molecule has 0 aliphatic carbocycles. The van der Waals surface area contributed by atoms with E-state index in [0.717, 1.165) is 23.3 Å². The first-order chi connectivity index (χ1) is 9.40. The lowest BCUT2D eigenvalue weighted by atomic mass is 10.3. The van der Waals surface area contributed by atoms with E-state index >= 15 is 0 Å². The quantitative estimate of drug-likeness (QED) is 0.809. The second-order valence-electron chi connectivity index (χ2n) is 4.23. The van der Waals surface area contributed by atoms with E-state index in [2.05, 4.69) is 4.72 Å². The molecular weight excluding hydrogens is 343 g/mol. The monoisotopic (exact) mass is 356 g/mol. The molecule has 20 heavy (non-hydrogen) atoms. The van der Waals surface area contributed by atoms with E-state index < -0.39 is 20.7 Å². The Labute approximate surface area is 131 Å². The van der Waals surface area contributed by atoms with Gasteiger partial charge in [-0.05, 0) is 12.1 Å². The Morgan fingerprint density at radius 3 is 2.85 bits per heavy atom. The molecule has 0 spiro atoms. The highest BCUT2D eigenvalue weighted by Crippen LogP contribution is 2.27. The van der Waals surface area contributed by atoms with Crippen molar-refractivity contribution in [3.8, 4) is 0 Å². The summed E-state index contributed by atoms with van der Waals surface area (Å²) in [6.07, 6.45) is 0. The van der Waals surface area contributed by atoms with Crippen molar-refractivity contribution in [2.24, 2.45) is 0 Å². The topological polar surface area (TPSA) is 72.2 Å². The van der Waals surface area contributed by atoms with Crippen LogP contribution in [0.5, 0.6) is 0 Å². The van der Waals surface area contributed by atoms with Gasteiger partial charge in [-0.2, -0.15) is 23.5 Å². The molecule has 112 valence electrons. The lowest BCUT2D eigenvalue weighted by Crippen LogP contribution is -2.34. The number of hydrogen-bond acceptors (Lipinski definition) is 5. The van der Waals surface area contributed by atoms with Gasteiger partial charge in [0.2, 0.25) is 10.0 Å². The maximum atomic E-state index is 13.8. The van der Waals surface area contributed by atoms with Gasteiger partial charge in [0.25, 0.3) is 0 Å². The van der Waals surface area contributed by atoms with E-state index in [-0.39, 0.29) is 22.5 Å². The highest BCUT2D eigenvalue weighted by molar-refractivity contribution is 8.06. The molecule has 1 aromatic carbocycles. The van der Waals surface area contributed by atoms with Gasteiger partial charge >= 0.3 is 0 Å². The minimum atomic E-state index is -3.95. The summed E-state index contributed by atoms with van der Waals surface area (Å²) >= 11 is 9.12. The molecule has 1 heterocycles. The van der Waals surface area contributed by atoms with Crippen molar-refractivity contribution in [2.75, 3.05) is 29.5 Å². The molecule has 1 saturated heterocycles. The second-order valence-corrected chi connectivity index (χ2v) is 8.94. The van der Waals surface area contributed by atoms with Crippen LogP contribution < -0.4 is 10.5 Å². The number of sulfonamides is 1. The van der Waals surface area contributed by atoms with Crippen LogP contribution in [0.1, 0.15) is 0 Å². The number of benzene rings is 1. The van der Waals surface area contributed by atoms with Crippen molar-refractivity contribution in [2.45, 2.75) is 10.1 Å². The number of thioether (sulfide) groups is 2. The smallest absolute Gasteiger partial charge is 0.243 e. The van der Waals surface area contributed by atoms with Crippen molar-refractivity contribution in [1.29, 1.82) is 0 Å². The normalized spacial score (nSPS) is 20.0. The zero-order chi connectivity index (χ0) is 14.8. The van der Waals surface area contributed by atoms with Crippen molar-refractivity contribution in [3.05, 3.63) is 23.0 Å². The summed E-state index contributed by atoms with van der Waals surface area (Å²) in [6.45, 7) is 0.270. The van der Waals surface area contributed by atoms with Gasteiger partial charge in [-0.15, -0.1) is 0 Å². The van der Waals surface area contributed by atoms with Crippen LogP contribution in [0, 0.1) is 5.82 Å². The number of rotatable bonds is 4. The summed E-state index contributed by atoms with van der Waals surface area (Å²) in [5.41, 5.74) is 5.62. The minimum absolute atomic E-state index is 0.111. The lowest BCUT2D eigenvalue weighted by molar-refractivity contribution is 0.557. The molecule has 1 fully saturated rings. The third-order valence-electron chi connectivity index (χ3n) is 2.69. The molecule has 1 aliphatic heterocycles. The fourth-order valence-electron chi connectivity index (χ4n) is 1.71. The summed E-state index contributed by atoms with van der Waals surface area (Å²) in [5.74, 6) is 1.98. The van der Waals surface area contributed by atoms with Gasteiger partial charge in [-0.3, -0.25) is 0 Å². The lowest BCUT2D eigenvalue weighted by Gasteiger charge is -2.21. The minimum Gasteiger partial charge on any atom is -0.399 e. The number of nitrogen functional groups attached to an aromatic ring is 1. The molecule has 9 heteroatoms. The molecule has 1 aliphatic rings. The Morgan fingerprint density at radius 1 is 1.45 bits per heavy atom. The first kappa shape index (κ1) is 16.2. The number of halogens is 2. The molecule has 0 bridgehead atoms. The number of hydrogen-bond donors (Lipinski definition) is 2. The van der Waals surface area contributed by atoms with Crippen molar-refractivity contribution in [3.63, 3.8) is 0 Å². The standard InChI is InChI=1S/C11H14ClFN2O2S3/c12-9-3-7(14)4-10(11(9)13)20(16,17)15-5-8-6-18-1-2-19-8/h3-4,8,15H,1-2,5-6,14H2. The molecule has 0 saturated carbocycles. The van der Waals surface area contributed by atoms with E-state index in [1.165, 1.54) is 6.07 Å². The van der Waals surface area contributed by atoms with Crippen molar-refractivity contribution >= 4 is 50.8 Å². The maximum Gasteiger partial charge on any atom is 0.243 e. The van der Waals surface area contributed by atoms with Gasteiger partial charge in [0, 0.05) is 34.7 Å². The zero-order valence-corrected chi connectivity index (χ0v) is 13.6. The molecule has 0 radical (unpaired) electrons. The molecule has 3 N–H and O–H groups in total. The highest BCUT2D eigenvalue weighted by atomic mass is 35.5. The first-order valence-corrected chi connectivity index (χ1v) is 9.90. The molecule has 4 nitrogen and oxygen atoms in total. The predicted molar refractivity (Wildman–Crippen MR) is 84.6 cm³/mol. The van der Waals surface area contributed by atoms with Crippen LogP contribution in [0.4, 0.5) is 10.1 Å². The number of nitrogens with two attached hydrogens (primary N) is 1. The molecule has 1 unspecified atom stereocenters. The largest absolute Gasteiger partial charge is 0.399 e. The van der Waals surface area contributed by atoms with E-state index in [9.17, 15) is 12.8 Å². The van der Waals surface area contributed by atoms with E-state index in [1.807, 2.05) is 0 Å². The first-order valence-electron chi connectivity index (χ1n) is 5.83. The summed E-state index contributed by atoms with van der Waals surface area (Å²) in [6, 6.07) is 2.26. The average molecular weight is 357 g/mol. The van der Waals surface area contributed by atoms with E-state index in [4.69, 9.17) is 17.3 Å². The third kappa shape index (κ3) is 3.94. The van der Waals surface area contributed by atoms with Crippen LogP contribution in [0.25, 0.3) is 0 Å². The Bertz CT molecular complexity index is 592. The van der Waals surface area contributed by atoms with Gasteiger partial charge in [-0.1, -0.05) is 11.6 Å². The summed E-state index contributed by atoms with van der Waals surface area (Å²) < 4.78 is 40.5. The van der Waals surface area contributed by atoms with Crippen LogP contribution in [0.15, 0.2) is 17.0 Å². The molecule has 2 rings (SSSR count). The highest BCUT2D eigenvalue weighted by Gasteiger charge is 2.24. The number of nitrogens with one attached hydrogen (secondary N) is 1. The zero-order valence-electron chi connectivity index (χ0n) is 10.4. The molecule has 0 aromatic heterocycles. The molecular formula is C11H14ClFN2O2S3. The fourth-order valence-corrected chi connectivity index (χ4v) is 5.93. The van der Waals surface area contributed by atoms with Crippen LogP contribution in [0.3, 0.4) is 0 Å². The van der Waals surface area contributed by atoms with E-state index in [1.54, 1.807) is 23.5 Å². The fraction of sp³-hybridized carbons (Fsp3) is 0.455. The Balaban J connectivity index is 2.14. The van der Waals surface area contributed by atoms with Gasteiger partial charge in [0.15, 0.2) is 5.82 Å². The summed E-state index contributed by atoms with van der Waals surface area (Å²) in [7, 11) is -3.95. The third-order valence-corrected chi connectivity index (χ3v) is 7.24. The van der Waals surface area contributed by atoms with Crippen molar-refractivity contribution < 1.29 is 12.8 Å². The molecule has 1 aromatic rings. The summed E-state index contributed by atoms with van der Waals surface area (Å²) in [5, 5.41) is -0.101. The molecule has 1 atom stereocenters. The van der Waals surface area contributed by atoms with Crippen molar-refractivity contribution in [1.82, 2.24) is 4.72 Å². The second kappa shape index (κ2) is 6.74. The van der Waals surface area contributed by atoms with Crippen LogP contribution in [-0.4, -0.2) is 37.5 Å². The van der Waals surface area contributed by atoms with Crippen LogP contribution >= 0.6 is 35.1 Å². The van der Waals surface area contributed by atoms with Gasteiger partial charge in [0.1, 0.15) is 4.90 Å². The van der Waals surface area contributed by atoms with Gasteiger partial charge in [-0.25, -0.2) is 17.5 Å². The Morgan fingerprint density at radius 2 is 2.20 bits per heavy atom. The van der Waals surface area contributed by atoms with E-state index in [0.29, 0.717) is 0 Å². The predicted octanol–water partition coefficient (Wildman–Crippen LogP) is 2.19. The Hall–Kier alpha value is -0.150. The van der Waals surface area contributed by atoms with Crippen LogP contribution in [-0.2, 0) is 10.0 Å². The number of anilines is 1. The Kier molecular flexibility index (Phi) is 5.47. The average Bonchev–Trinajstić information content (AvgIpc) is 2.42. The summed E-state index contributed by atoms with van der Waals surface area (Å²) in [4.78, 5) is -0.504. The van der Waals surface area contributed by atoms with Gasteiger partial charge in [0.05, 0.1) is 5.02 Å². The SMILES string of the molecule is Nc1cc(Cl)c(F)c(S(=O)(=O)NCC2CSCCS2)c1. The van der Waals surface area contributed by atoms with Crippen LogP contribution in [0.2, 0.25) is 5.02 Å². The maximum absolute atomic E-state index is 13.8.